The maximum absolute atomic E-state index is 11.7. The lowest BCUT2D eigenvalue weighted by atomic mass is 10.1. The predicted octanol–water partition coefficient (Wildman–Crippen LogP) is 2.31. The first-order chi connectivity index (χ1) is 9.17. The standard InChI is InChI=1S/C12H12ClN3O3/c1-3-19-12(17)11-10(14-16-15-11)7-4-5-8(13)9(6-7)18-2/h4-6H,3H2,1-2H3,(H,14,15,16). The minimum atomic E-state index is -0.528. The zero-order chi connectivity index (χ0) is 13.8. The molecule has 0 atom stereocenters. The fraction of sp³-hybridized carbons (Fsp3) is 0.250. The largest absolute Gasteiger partial charge is 0.495 e. The molecule has 0 radical (unpaired) electrons. The van der Waals surface area contributed by atoms with Crippen LogP contribution in [0.25, 0.3) is 11.3 Å². The molecule has 0 aliphatic carbocycles. The number of aromatic nitrogens is 3. The second-order valence-electron chi connectivity index (χ2n) is 3.59. The molecule has 0 saturated heterocycles. The van der Waals surface area contributed by atoms with E-state index in [1.165, 1.54) is 7.11 Å². The van der Waals surface area contributed by atoms with E-state index in [-0.39, 0.29) is 12.3 Å². The molecule has 0 unspecified atom stereocenters. The van der Waals surface area contributed by atoms with Crippen molar-refractivity contribution in [2.45, 2.75) is 6.92 Å². The van der Waals surface area contributed by atoms with Crippen LogP contribution in [-0.4, -0.2) is 35.1 Å². The van der Waals surface area contributed by atoms with Crippen LogP contribution >= 0.6 is 11.6 Å². The molecule has 0 saturated carbocycles. The van der Waals surface area contributed by atoms with Crippen LogP contribution in [-0.2, 0) is 4.74 Å². The normalized spacial score (nSPS) is 10.3. The van der Waals surface area contributed by atoms with Gasteiger partial charge < -0.3 is 9.47 Å². The van der Waals surface area contributed by atoms with Crippen molar-refractivity contribution in [3.63, 3.8) is 0 Å². The average molecular weight is 282 g/mol. The highest BCUT2D eigenvalue weighted by Crippen LogP contribution is 2.30. The molecule has 0 fully saturated rings. The number of halogens is 1. The van der Waals surface area contributed by atoms with Gasteiger partial charge in [-0.3, -0.25) is 0 Å². The van der Waals surface area contributed by atoms with Crippen LogP contribution in [0.2, 0.25) is 5.02 Å². The second kappa shape index (κ2) is 5.71. The lowest BCUT2D eigenvalue weighted by Crippen LogP contribution is -2.06. The minimum absolute atomic E-state index is 0.131. The molecular formula is C12H12ClN3O3. The lowest BCUT2D eigenvalue weighted by Gasteiger charge is -2.05. The van der Waals surface area contributed by atoms with E-state index in [1.54, 1.807) is 25.1 Å². The number of H-pyrrole nitrogens is 1. The van der Waals surface area contributed by atoms with Gasteiger partial charge >= 0.3 is 5.97 Å². The molecule has 0 amide bonds. The summed E-state index contributed by atoms with van der Waals surface area (Å²) in [5.74, 6) is -0.0304. The Kier molecular flexibility index (Phi) is 4.01. The van der Waals surface area contributed by atoms with Crippen LogP contribution in [0.5, 0.6) is 5.75 Å². The first kappa shape index (κ1) is 13.4. The summed E-state index contributed by atoms with van der Waals surface area (Å²) in [5.41, 5.74) is 1.19. The van der Waals surface area contributed by atoms with Crippen LogP contribution in [0.3, 0.4) is 0 Å². The number of hydrogen-bond donors (Lipinski definition) is 1. The number of benzene rings is 1. The third-order valence-corrected chi connectivity index (χ3v) is 2.75. The van der Waals surface area contributed by atoms with Crippen molar-refractivity contribution in [2.24, 2.45) is 0 Å². The Morgan fingerprint density at radius 2 is 2.21 bits per heavy atom. The van der Waals surface area contributed by atoms with Gasteiger partial charge in [-0.05, 0) is 19.1 Å². The van der Waals surface area contributed by atoms with E-state index in [9.17, 15) is 4.79 Å². The van der Waals surface area contributed by atoms with Crippen molar-refractivity contribution in [1.29, 1.82) is 0 Å². The molecule has 0 spiro atoms. The van der Waals surface area contributed by atoms with Crippen molar-refractivity contribution < 1.29 is 14.3 Å². The van der Waals surface area contributed by atoms with Gasteiger partial charge in [0.1, 0.15) is 11.4 Å². The number of rotatable bonds is 4. The number of aromatic amines is 1. The second-order valence-corrected chi connectivity index (χ2v) is 4.00. The third kappa shape index (κ3) is 2.68. The van der Waals surface area contributed by atoms with Crippen LogP contribution < -0.4 is 4.74 Å². The topological polar surface area (TPSA) is 77.1 Å². The molecule has 0 bridgehead atoms. The van der Waals surface area contributed by atoms with Crippen molar-refractivity contribution in [3.8, 4) is 17.0 Å². The van der Waals surface area contributed by atoms with E-state index >= 15 is 0 Å². The van der Waals surface area contributed by atoms with E-state index in [0.29, 0.717) is 22.0 Å². The fourth-order valence-electron chi connectivity index (χ4n) is 1.58. The maximum Gasteiger partial charge on any atom is 0.361 e. The molecule has 6 nitrogen and oxygen atoms in total. The van der Waals surface area contributed by atoms with E-state index < -0.39 is 5.97 Å². The molecule has 0 aliphatic heterocycles. The summed E-state index contributed by atoms with van der Waals surface area (Å²) in [6.45, 7) is 2.00. The summed E-state index contributed by atoms with van der Waals surface area (Å²) in [5, 5.41) is 10.7. The predicted molar refractivity (Wildman–Crippen MR) is 69.3 cm³/mol. The number of carbonyl (C=O) groups is 1. The minimum Gasteiger partial charge on any atom is -0.495 e. The molecule has 100 valence electrons. The summed E-state index contributed by atoms with van der Waals surface area (Å²) in [6.07, 6.45) is 0. The molecule has 2 aromatic rings. The lowest BCUT2D eigenvalue weighted by molar-refractivity contribution is 0.0520. The highest BCUT2D eigenvalue weighted by atomic mass is 35.5. The van der Waals surface area contributed by atoms with Crippen LogP contribution in [0, 0.1) is 0 Å². The average Bonchev–Trinajstić information content (AvgIpc) is 2.89. The van der Waals surface area contributed by atoms with Crippen molar-refractivity contribution in [3.05, 3.63) is 28.9 Å². The number of hydrogen-bond acceptors (Lipinski definition) is 5. The number of methoxy groups -OCH3 is 1. The quantitative estimate of drug-likeness (QED) is 0.870. The van der Waals surface area contributed by atoms with E-state index in [0.717, 1.165) is 0 Å². The maximum atomic E-state index is 11.7. The highest BCUT2D eigenvalue weighted by molar-refractivity contribution is 6.32. The Morgan fingerprint density at radius 3 is 2.89 bits per heavy atom. The van der Waals surface area contributed by atoms with Crippen LogP contribution in [0.4, 0.5) is 0 Å². The van der Waals surface area contributed by atoms with Gasteiger partial charge in [0.25, 0.3) is 0 Å². The highest BCUT2D eigenvalue weighted by Gasteiger charge is 2.19. The van der Waals surface area contributed by atoms with Gasteiger partial charge in [-0.1, -0.05) is 17.7 Å². The zero-order valence-corrected chi connectivity index (χ0v) is 11.2. The Bertz CT molecular complexity index is 598. The molecule has 1 heterocycles. The van der Waals surface area contributed by atoms with Crippen molar-refractivity contribution in [2.75, 3.05) is 13.7 Å². The van der Waals surface area contributed by atoms with Crippen molar-refractivity contribution in [1.82, 2.24) is 15.4 Å². The summed E-state index contributed by atoms with van der Waals surface area (Å²) in [4.78, 5) is 11.7. The molecule has 2 rings (SSSR count). The van der Waals surface area contributed by atoms with Gasteiger partial charge in [0.15, 0.2) is 5.69 Å². The molecular weight excluding hydrogens is 270 g/mol. The smallest absolute Gasteiger partial charge is 0.361 e. The first-order valence-electron chi connectivity index (χ1n) is 5.59. The van der Waals surface area contributed by atoms with Crippen LogP contribution in [0.15, 0.2) is 18.2 Å². The number of esters is 1. The summed E-state index contributed by atoms with van der Waals surface area (Å²) < 4.78 is 10.0. The van der Waals surface area contributed by atoms with Gasteiger partial charge in [-0.15, -0.1) is 5.10 Å². The van der Waals surface area contributed by atoms with Gasteiger partial charge in [0, 0.05) is 5.56 Å². The van der Waals surface area contributed by atoms with Crippen LogP contribution in [0.1, 0.15) is 17.4 Å². The van der Waals surface area contributed by atoms with Gasteiger partial charge in [0.05, 0.1) is 18.7 Å². The SMILES string of the molecule is CCOC(=O)c1n[nH]nc1-c1ccc(Cl)c(OC)c1. The monoisotopic (exact) mass is 281 g/mol. The molecule has 1 aromatic carbocycles. The summed E-state index contributed by atoms with van der Waals surface area (Å²) in [7, 11) is 1.51. The molecule has 1 N–H and O–H groups in total. The van der Waals surface area contributed by atoms with E-state index in [4.69, 9.17) is 21.1 Å². The molecule has 19 heavy (non-hydrogen) atoms. The molecule has 7 heteroatoms. The first-order valence-corrected chi connectivity index (χ1v) is 5.97. The fourth-order valence-corrected chi connectivity index (χ4v) is 1.78. The number of ether oxygens (including phenoxy) is 2. The Labute approximate surface area is 114 Å². The summed E-state index contributed by atoms with van der Waals surface area (Å²) in [6, 6.07) is 5.08. The van der Waals surface area contributed by atoms with Gasteiger partial charge in [-0.2, -0.15) is 10.3 Å². The number of carbonyl (C=O) groups excluding carboxylic acids is 1. The Morgan fingerprint density at radius 1 is 1.42 bits per heavy atom. The Hall–Kier alpha value is -2.08. The molecule has 0 aliphatic rings. The summed E-state index contributed by atoms with van der Waals surface area (Å²) >= 11 is 5.95. The zero-order valence-electron chi connectivity index (χ0n) is 10.4. The van der Waals surface area contributed by atoms with Gasteiger partial charge in [0.2, 0.25) is 0 Å². The number of nitrogens with zero attached hydrogens (tertiary/aromatic N) is 2. The number of nitrogens with one attached hydrogen (secondary N) is 1. The van der Waals surface area contributed by atoms with E-state index in [2.05, 4.69) is 15.4 Å². The third-order valence-electron chi connectivity index (χ3n) is 2.44. The van der Waals surface area contributed by atoms with Gasteiger partial charge in [-0.25, -0.2) is 4.79 Å². The molecule has 1 aromatic heterocycles. The van der Waals surface area contributed by atoms with E-state index in [1.807, 2.05) is 0 Å². The Balaban J connectivity index is 2.42. The van der Waals surface area contributed by atoms with Crippen molar-refractivity contribution >= 4 is 17.6 Å².